The van der Waals surface area contributed by atoms with E-state index in [9.17, 15) is 5.11 Å². The molecule has 0 spiro atoms. The van der Waals surface area contributed by atoms with E-state index in [4.69, 9.17) is 0 Å². The number of rotatable bonds is 6. The van der Waals surface area contributed by atoms with Crippen LogP contribution in [0.3, 0.4) is 0 Å². The minimum absolute atomic E-state index is 0.0461. The molecule has 1 fully saturated rings. The monoisotopic (exact) mass is 310 g/mol. The Kier molecular flexibility index (Phi) is 5.09. The number of pyridine rings is 1. The number of hydrogen-bond donors (Lipinski definition) is 1. The molecular formula is C20H26N2O. The molecule has 0 saturated carbocycles. The Morgan fingerprint density at radius 3 is 2.83 bits per heavy atom. The van der Waals surface area contributed by atoms with E-state index >= 15 is 0 Å². The van der Waals surface area contributed by atoms with Gasteiger partial charge in [-0.05, 0) is 55.5 Å². The third kappa shape index (κ3) is 3.98. The Bertz CT molecular complexity index is 629. The third-order valence-corrected chi connectivity index (χ3v) is 5.17. The Hall–Kier alpha value is -1.71. The normalized spacial score (nSPS) is 21.7. The maximum atomic E-state index is 10.0. The van der Waals surface area contributed by atoms with Crippen LogP contribution in [0, 0.1) is 12.3 Å². The Morgan fingerprint density at radius 2 is 2.09 bits per heavy atom. The predicted molar refractivity (Wildman–Crippen MR) is 93.1 cm³/mol. The Balaban J connectivity index is 1.60. The number of aliphatic hydroxyl groups excluding tert-OH is 1. The standard InChI is InChI=1S/C20H26N2O/c1-17-5-2-3-7-19(17)8-9-20(16-23)10-12-22(15-20)14-18-6-4-11-21-13-18/h2-7,11,13,23H,8-10,12,14-16H2,1H3/t20-/m0/s1. The highest BCUT2D eigenvalue weighted by Gasteiger charge is 2.37. The van der Waals surface area contributed by atoms with Crippen LogP contribution in [-0.4, -0.2) is 34.7 Å². The molecule has 122 valence electrons. The first-order valence-corrected chi connectivity index (χ1v) is 8.47. The van der Waals surface area contributed by atoms with Gasteiger partial charge in [-0.25, -0.2) is 0 Å². The summed E-state index contributed by atoms with van der Waals surface area (Å²) in [4.78, 5) is 6.64. The van der Waals surface area contributed by atoms with Crippen LogP contribution in [0.4, 0.5) is 0 Å². The molecule has 1 saturated heterocycles. The molecule has 1 aliphatic heterocycles. The van der Waals surface area contributed by atoms with Crippen molar-refractivity contribution < 1.29 is 5.11 Å². The highest BCUT2D eigenvalue weighted by molar-refractivity contribution is 5.25. The summed E-state index contributed by atoms with van der Waals surface area (Å²) in [6.45, 7) is 5.42. The van der Waals surface area contributed by atoms with Gasteiger partial charge in [0.1, 0.15) is 0 Å². The van der Waals surface area contributed by atoms with Crippen molar-refractivity contribution >= 4 is 0 Å². The van der Waals surface area contributed by atoms with Gasteiger partial charge in [0.05, 0.1) is 0 Å². The summed E-state index contributed by atoms with van der Waals surface area (Å²) in [6.07, 6.45) is 6.93. The molecule has 3 nitrogen and oxygen atoms in total. The van der Waals surface area contributed by atoms with Crippen LogP contribution in [0.25, 0.3) is 0 Å². The molecular weight excluding hydrogens is 284 g/mol. The van der Waals surface area contributed by atoms with Gasteiger partial charge in [0, 0.05) is 37.5 Å². The van der Waals surface area contributed by atoms with Crippen molar-refractivity contribution in [1.29, 1.82) is 0 Å². The van der Waals surface area contributed by atoms with E-state index in [-0.39, 0.29) is 12.0 Å². The maximum Gasteiger partial charge on any atom is 0.0500 e. The number of likely N-dealkylation sites (tertiary alicyclic amines) is 1. The zero-order valence-corrected chi connectivity index (χ0v) is 13.9. The van der Waals surface area contributed by atoms with Gasteiger partial charge in [-0.2, -0.15) is 0 Å². The molecule has 0 unspecified atom stereocenters. The molecule has 2 aromatic rings. The highest BCUT2D eigenvalue weighted by atomic mass is 16.3. The molecule has 1 aromatic carbocycles. The van der Waals surface area contributed by atoms with Crippen LogP contribution in [0.15, 0.2) is 48.8 Å². The minimum atomic E-state index is 0.0461. The van der Waals surface area contributed by atoms with Crippen molar-refractivity contribution in [2.75, 3.05) is 19.7 Å². The van der Waals surface area contributed by atoms with E-state index in [1.54, 1.807) is 0 Å². The summed E-state index contributed by atoms with van der Waals surface area (Å²) >= 11 is 0. The van der Waals surface area contributed by atoms with Crippen LogP contribution in [0.2, 0.25) is 0 Å². The van der Waals surface area contributed by atoms with Crippen molar-refractivity contribution in [3.05, 3.63) is 65.5 Å². The smallest absolute Gasteiger partial charge is 0.0500 e. The maximum absolute atomic E-state index is 10.0. The summed E-state index contributed by atoms with van der Waals surface area (Å²) < 4.78 is 0. The van der Waals surface area contributed by atoms with Crippen LogP contribution in [-0.2, 0) is 13.0 Å². The number of aryl methyl sites for hydroxylation is 2. The van der Waals surface area contributed by atoms with Gasteiger partial charge in [0.15, 0.2) is 0 Å². The quantitative estimate of drug-likeness (QED) is 0.890. The van der Waals surface area contributed by atoms with Gasteiger partial charge in [-0.1, -0.05) is 30.3 Å². The number of benzene rings is 1. The first kappa shape index (κ1) is 16.2. The van der Waals surface area contributed by atoms with E-state index in [1.807, 2.05) is 18.5 Å². The first-order chi connectivity index (χ1) is 11.2. The van der Waals surface area contributed by atoms with E-state index in [1.165, 1.54) is 16.7 Å². The highest BCUT2D eigenvalue weighted by Crippen LogP contribution is 2.35. The van der Waals surface area contributed by atoms with Crippen molar-refractivity contribution in [2.24, 2.45) is 5.41 Å². The largest absolute Gasteiger partial charge is 0.396 e. The van der Waals surface area contributed by atoms with Crippen LogP contribution in [0.5, 0.6) is 0 Å². The fourth-order valence-electron chi connectivity index (χ4n) is 3.62. The zero-order chi connectivity index (χ0) is 16.1. The molecule has 0 radical (unpaired) electrons. The van der Waals surface area contributed by atoms with Gasteiger partial charge in [0.2, 0.25) is 0 Å². The molecule has 1 N–H and O–H groups in total. The zero-order valence-electron chi connectivity index (χ0n) is 13.9. The number of nitrogens with zero attached hydrogens (tertiary/aromatic N) is 2. The second-order valence-corrected chi connectivity index (χ2v) is 6.91. The lowest BCUT2D eigenvalue weighted by atomic mass is 9.81. The summed E-state index contributed by atoms with van der Waals surface area (Å²) in [7, 11) is 0. The van der Waals surface area contributed by atoms with Crippen LogP contribution >= 0.6 is 0 Å². The first-order valence-electron chi connectivity index (χ1n) is 8.47. The van der Waals surface area contributed by atoms with Crippen LogP contribution < -0.4 is 0 Å². The second-order valence-electron chi connectivity index (χ2n) is 6.91. The second kappa shape index (κ2) is 7.24. The van der Waals surface area contributed by atoms with E-state index in [2.05, 4.69) is 47.1 Å². The number of aromatic nitrogens is 1. The van der Waals surface area contributed by atoms with Gasteiger partial charge in [0.25, 0.3) is 0 Å². The van der Waals surface area contributed by atoms with Gasteiger partial charge < -0.3 is 5.11 Å². The van der Waals surface area contributed by atoms with Crippen molar-refractivity contribution in [1.82, 2.24) is 9.88 Å². The summed E-state index contributed by atoms with van der Waals surface area (Å²) in [5.74, 6) is 0. The molecule has 0 bridgehead atoms. The molecule has 2 heterocycles. The lowest BCUT2D eigenvalue weighted by molar-refractivity contribution is 0.118. The number of aliphatic hydroxyl groups is 1. The molecule has 0 amide bonds. The average molecular weight is 310 g/mol. The lowest BCUT2D eigenvalue weighted by Crippen LogP contribution is -2.31. The van der Waals surface area contributed by atoms with Crippen molar-refractivity contribution in [3.8, 4) is 0 Å². The third-order valence-electron chi connectivity index (χ3n) is 5.17. The molecule has 23 heavy (non-hydrogen) atoms. The van der Waals surface area contributed by atoms with E-state index in [0.29, 0.717) is 0 Å². The topological polar surface area (TPSA) is 36.4 Å². The summed E-state index contributed by atoms with van der Waals surface area (Å²) in [5, 5.41) is 10.0. The summed E-state index contributed by atoms with van der Waals surface area (Å²) in [6, 6.07) is 12.7. The van der Waals surface area contributed by atoms with Gasteiger partial charge in [-0.3, -0.25) is 9.88 Å². The minimum Gasteiger partial charge on any atom is -0.396 e. The summed E-state index contributed by atoms with van der Waals surface area (Å²) in [5.41, 5.74) is 4.06. The van der Waals surface area contributed by atoms with Crippen molar-refractivity contribution in [2.45, 2.75) is 32.7 Å². The molecule has 3 heteroatoms. The molecule has 1 atom stereocenters. The van der Waals surface area contributed by atoms with E-state index in [0.717, 1.165) is 38.9 Å². The predicted octanol–water partition coefficient (Wildman–Crippen LogP) is 3.21. The fraction of sp³-hybridized carbons (Fsp3) is 0.450. The average Bonchev–Trinajstić information content (AvgIpc) is 2.99. The van der Waals surface area contributed by atoms with Crippen LogP contribution in [0.1, 0.15) is 29.5 Å². The Labute approximate surface area is 139 Å². The number of hydrogen-bond acceptors (Lipinski definition) is 3. The van der Waals surface area contributed by atoms with Crippen molar-refractivity contribution in [3.63, 3.8) is 0 Å². The van der Waals surface area contributed by atoms with E-state index < -0.39 is 0 Å². The SMILES string of the molecule is Cc1ccccc1CC[C@]1(CO)CCN(Cc2cccnc2)C1. The van der Waals surface area contributed by atoms with Gasteiger partial charge in [-0.15, -0.1) is 0 Å². The molecule has 1 aromatic heterocycles. The lowest BCUT2D eigenvalue weighted by Gasteiger charge is -2.27. The molecule has 3 rings (SSSR count). The molecule has 1 aliphatic rings. The fourth-order valence-corrected chi connectivity index (χ4v) is 3.62. The van der Waals surface area contributed by atoms with Gasteiger partial charge >= 0.3 is 0 Å². The Morgan fingerprint density at radius 1 is 1.22 bits per heavy atom. The molecule has 0 aliphatic carbocycles.